The number of nitrogens with one attached hydrogen (secondary N) is 1. The van der Waals surface area contributed by atoms with E-state index < -0.39 is 21.7 Å². The summed E-state index contributed by atoms with van der Waals surface area (Å²) in [6.45, 7) is 2.91. The first-order valence-electron chi connectivity index (χ1n) is 8.13. The Labute approximate surface area is 151 Å². The molecule has 8 heteroatoms. The van der Waals surface area contributed by atoms with Gasteiger partial charge in [0.2, 0.25) is 10.0 Å². The van der Waals surface area contributed by atoms with Gasteiger partial charge in [-0.1, -0.05) is 12.1 Å². The first-order valence-corrected chi connectivity index (χ1v) is 9.57. The molecular weight excluding hydrogens is 359 g/mol. The number of carbonyl (C=O) groups is 1. The minimum Gasteiger partial charge on any atom is -0.379 e. The number of morpholine rings is 1. The summed E-state index contributed by atoms with van der Waals surface area (Å²) >= 11 is 0. The molecule has 2 aromatic rings. The molecule has 0 spiro atoms. The van der Waals surface area contributed by atoms with E-state index >= 15 is 0 Å². The Morgan fingerprint density at radius 1 is 1.15 bits per heavy atom. The molecule has 0 radical (unpaired) electrons. The molecule has 1 aliphatic rings. The Hall–Kier alpha value is -2.29. The van der Waals surface area contributed by atoms with Gasteiger partial charge in [-0.3, -0.25) is 4.79 Å². The van der Waals surface area contributed by atoms with Crippen LogP contribution >= 0.6 is 0 Å². The highest BCUT2D eigenvalue weighted by atomic mass is 32.2. The van der Waals surface area contributed by atoms with E-state index in [1.165, 1.54) is 28.6 Å². The van der Waals surface area contributed by atoms with E-state index in [4.69, 9.17) is 4.74 Å². The van der Waals surface area contributed by atoms with Crippen LogP contribution in [0.3, 0.4) is 0 Å². The molecule has 0 saturated carbocycles. The average molecular weight is 378 g/mol. The molecule has 0 bridgehead atoms. The molecule has 0 unspecified atom stereocenters. The molecule has 1 N–H and O–H groups in total. The zero-order valence-electron chi connectivity index (χ0n) is 14.2. The number of benzene rings is 2. The number of carbonyl (C=O) groups excluding carboxylic acids is 1. The third-order valence-corrected chi connectivity index (χ3v) is 6.03. The molecule has 1 heterocycles. The van der Waals surface area contributed by atoms with E-state index in [1.807, 2.05) is 0 Å². The topological polar surface area (TPSA) is 75.7 Å². The molecule has 1 amide bonds. The van der Waals surface area contributed by atoms with E-state index in [0.29, 0.717) is 37.6 Å². The number of nitrogens with zero attached hydrogens (tertiary/aromatic N) is 1. The number of anilines is 1. The molecule has 1 saturated heterocycles. The monoisotopic (exact) mass is 378 g/mol. The molecule has 1 fully saturated rings. The van der Waals surface area contributed by atoms with Gasteiger partial charge in [-0.15, -0.1) is 0 Å². The van der Waals surface area contributed by atoms with Crippen molar-refractivity contribution in [1.29, 1.82) is 0 Å². The average Bonchev–Trinajstić information content (AvgIpc) is 2.65. The molecular formula is C18H19FN2O4S. The fourth-order valence-corrected chi connectivity index (χ4v) is 4.06. The predicted octanol–water partition coefficient (Wildman–Crippen LogP) is 2.41. The van der Waals surface area contributed by atoms with Crippen LogP contribution in [0.5, 0.6) is 0 Å². The van der Waals surface area contributed by atoms with Gasteiger partial charge in [0.15, 0.2) is 0 Å². The molecule has 2 aromatic carbocycles. The summed E-state index contributed by atoms with van der Waals surface area (Å²) < 4.78 is 45.5. The first-order chi connectivity index (χ1) is 12.4. The van der Waals surface area contributed by atoms with Gasteiger partial charge < -0.3 is 10.1 Å². The number of hydrogen-bond acceptors (Lipinski definition) is 4. The minimum atomic E-state index is -3.66. The van der Waals surface area contributed by atoms with Gasteiger partial charge in [-0.25, -0.2) is 12.8 Å². The molecule has 138 valence electrons. The second-order valence-electron chi connectivity index (χ2n) is 5.96. The van der Waals surface area contributed by atoms with E-state index in [0.717, 1.165) is 6.07 Å². The van der Waals surface area contributed by atoms with Crippen molar-refractivity contribution in [2.24, 2.45) is 0 Å². The maximum absolute atomic E-state index is 13.6. The van der Waals surface area contributed by atoms with Crippen LogP contribution in [0, 0.1) is 12.7 Å². The summed E-state index contributed by atoms with van der Waals surface area (Å²) in [5.41, 5.74) is 0.931. The predicted molar refractivity (Wildman–Crippen MR) is 95.1 cm³/mol. The Bertz CT molecular complexity index is 925. The highest BCUT2D eigenvalue weighted by Crippen LogP contribution is 2.21. The number of halogens is 1. The fraction of sp³-hybridized carbons (Fsp3) is 0.278. The second kappa shape index (κ2) is 7.53. The lowest BCUT2D eigenvalue weighted by atomic mass is 10.1. The maximum atomic E-state index is 13.6. The molecule has 1 aliphatic heterocycles. The van der Waals surface area contributed by atoms with Gasteiger partial charge in [-0.05, 0) is 42.8 Å². The summed E-state index contributed by atoms with van der Waals surface area (Å²) in [5, 5.41) is 2.61. The van der Waals surface area contributed by atoms with Crippen LogP contribution < -0.4 is 5.32 Å². The van der Waals surface area contributed by atoms with Gasteiger partial charge in [0.1, 0.15) is 5.82 Å². The number of ether oxygens (including phenoxy) is 1. The minimum absolute atomic E-state index is 0.0901. The standard InChI is InChI=1S/C18H19FN2O4S/c1-13-5-6-14(11-17(13)19)18(22)20-15-3-2-4-16(12-15)26(23,24)21-7-9-25-10-8-21/h2-6,11-12H,7-10H2,1H3,(H,20,22). The lowest BCUT2D eigenvalue weighted by Crippen LogP contribution is -2.40. The largest absolute Gasteiger partial charge is 0.379 e. The van der Waals surface area contributed by atoms with Crippen LogP contribution in [0.1, 0.15) is 15.9 Å². The third-order valence-electron chi connectivity index (χ3n) is 4.13. The van der Waals surface area contributed by atoms with Crippen molar-refractivity contribution in [3.05, 3.63) is 59.4 Å². The van der Waals surface area contributed by atoms with Crippen LogP contribution in [0.4, 0.5) is 10.1 Å². The van der Waals surface area contributed by atoms with Crippen molar-refractivity contribution < 1.29 is 22.3 Å². The van der Waals surface area contributed by atoms with Crippen molar-refractivity contribution >= 4 is 21.6 Å². The summed E-state index contributed by atoms with van der Waals surface area (Å²) in [5.74, 6) is -0.980. The van der Waals surface area contributed by atoms with Crippen molar-refractivity contribution in [3.8, 4) is 0 Å². The van der Waals surface area contributed by atoms with Gasteiger partial charge in [-0.2, -0.15) is 4.31 Å². The van der Waals surface area contributed by atoms with Crippen molar-refractivity contribution in [3.63, 3.8) is 0 Å². The number of sulfonamides is 1. The van der Waals surface area contributed by atoms with Crippen LogP contribution in [0.25, 0.3) is 0 Å². The molecule has 3 rings (SSSR count). The zero-order chi connectivity index (χ0) is 18.7. The molecule has 0 aliphatic carbocycles. The Morgan fingerprint density at radius 2 is 1.88 bits per heavy atom. The summed E-state index contributed by atoms with van der Waals surface area (Å²) in [7, 11) is -3.66. The molecule has 0 aromatic heterocycles. The quantitative estimate of drug-likeness (QED) is 0.887. The smallest absolute Gasteiger partial charge is 0.255 e. The van der Waals surface area contributed by atoms with Gasteiger partial charge in [0.25, 0.3) is 5.91 Å². The summed E-state index contributed by atoms with van der Waals surface area (Å²) in [4.78, 5) is 12.4. The molecule has 0 atom stereocenters. The lowest BCUT2D eigenvalue weighted by Gasteiger charge is -2.26. The summed E-state index contributed by atoms with van der Waals surface area (Å²) in [6, 6.07) is 10.2. The van der Waals surface area contributed by atoms with Crippen molar-refractivity contribution in [2.45, 2.75) is 11.8 Å². The van der Waals surface area contributed by atoms with Gasteiger partial charge >= 0.3 is 0 Å². The van der Waals surface area contributed by atoms with Crippen molar-refractivity contribution in [2.75, 3.05) is 31.6 Å². The number of rotatable bonds is 4. The third kappa shape index (κ3) is 3.92. The van der Waals surface area contributed by atoms with E-state index in [9.17, 15) is 17.6 Å². The molecule has 26 heavy (non-hydrogen) atoms. The normalized spacial score (nSPS) is 15.6. The summed E-state index contributed by atoms with van der Waals surface area (Å²) in [6.07, 6.45) is 0. The highest BCUT2D eigenvalue weighted by molar-refractivity contribution is 7.89. The van der Waals surface area contributed by atoms with Crippen LogP contribution in [0.2, 0.25) is 0 Å². The Balaban J connectivity index is 1.80. The van der Waals surface area contributed by atoms with E-state index in [-0.39, 0.29) is 10.5 Å². The van der Waals surface area contributed by atoms with Crippen molar-refractivity contribution in [1.82, 2.24) is 4.31 Å². The highest BCUT2D eigenvalue weighted by Gasteiger charge is 2.26. The van der Waals surface area contributed by atoms with Crippen LogP contribution in [-0.4, -0.2) is 44.9 Å². The Morgan fingerprint density at radius 3 is 2.58 bits per heavy atom. The van der Waals surface area contributed by atoms with Crippen LogP contribution in [0.15, 0.2) is 47.4 Å². The first kappa shape index (κ1) is 18.5. The number of aryl methyl sites for hydroxylation is 1. The van der Waals surface area contributed by atoms with Gasteiger partial charge in [0.05, 0.1) is 18.1 Å². The van der Waals surface area contributed by atoms with Gasteiger partial charge in [0, 0.05) is 24.3 Å². The van der Waals surface area contributed by atoms with Crippen LogP contribution in [-0.2, 0) is 14.8 Å². The van der Waals surface area contributed by atoms with E-state index in [1.54, 1.807) is 19.1 Å². The molecule has 6 nitrogen and oxygen atoms in total. The Kier molecular flexibility index (Phi) is 5.36. The zero-order valence-corrected chi connectivity index (χ0v) is 15.1. The lowest BCUT2D eigenvalue weighted by molar-refractivity contribution is 0.0730. The maximum Gasteiger partial charge on any atom is 0.255 e. The SMILES string of the molecule is Cc1ccc(C(=O)Nc2cccc(S(=O)(=O)N3CCOCC3)c2)cc1F. The number of amides is 1. The fourth-order valence-electron chi connectivity index (χ4n) is 2.61. The second-order valence-corrected chi connectivity index (χ2v) is 7.90. The van der Waals surface area contributed by atoms with E-state index in [2.05, 4.69) is 5.32 Å². The number of hydrogen-bond donors (Lipinski definition) is 1.